The third-order valence-electron chi connectivity index (χ3n) is 4.60. The van der Waals surface area contributed by atoms with E-state index in [9.17, 15) is 0 Å². The van der Waals surface area contributed by atoms with Crippen LogP contribution in [0, 0.1) is 0 Å². The highest BCUT2D eigenvalue weighted by molar-refractivity contribution is 5.79. The number of benzene rings is 2. The number of ether oxygens (including phenoxy) is 2. The molecule has 26 heavy (non-hydrogen) atoms. The lowest BCUT2D eigenvalue weighted by Crippen LogP contribution is -2.39. The number of rotatable bonds is 6. The largest absolute Gasteiger partial charge is 0.497 e. The van der Waals surface area contributed by atoms with Crippen LogP contribution in [0.1, 0.15) is 16.7 Å². The molecule has 0 spiro atoms. The minimum atomic E-state index is 0.792. The molecule has 1 heterocycles. The second-order valence-electron chi connectivity index (χ2n) is 6.47. The first-order valence-electron chi connectivity index (χ1n) is 8.99. The maximum absolute atomic E-state index is 5.57. The molecule has 2 aromatic rings. The third kappa shape index (κ3) is 4.48. The Labute approximate surface area is 155 Å². The number of aliphatic imine (C=N–C) groups is 1. The Morgan fingerprint density at radius 3 is 2.69 bits per heavy atom. The number of guanidine groups is 1. The lowest BCUT2D eigenvalue weighted by Gasteiger charge is -2.22. The molecule has 1 aliphatic heterocycles. The van der Waals surface area contributed by atoms with Crippen LogP contribution in [0.5, 0.6) is 11.5 Å². The maximum Gasteiger partial charge on any atom is 0.193 e. The Morgan fingerprint density at radius 1 is 1.19 bits per heavy atom. The van der Waals surface area contributed by atoms with E-state index in [2.05, 4.69) is 45.5 Å². The first kappa shape index (κ1) is 18.1. The molecule has 1 aliphatic rings. The van der Waals surface area contributed by atoms with E-state index in [1.165, 1.54) is 16.7 Å². The lowest BCUT2D eigenvalue weighted by molar-refractivity contribution is 0.357. The quantitative estimate of drug-likeness (QED) is 0.641. The topological polar surface area (TPSA) is 46.1 Å². The Bertz CT molecular complexity index is 756. The molecule has 3 rings (SSSR count). The SMILES string of the molecule is CN=C(NCCc1ccc2c(c1)CCO2)N(C)Cc1ccc(OC)cc1. The Hall–Kier alpha value is -2.69. The predicted molar refractivity (Wildman–Crippen MR) is 105 cm³/mol. The lowest BCUT2D eigenvalue weighted by atomic mass is 10.1. The normalized spacial score (nSPS) is 13.1. The van der Waals surface area contributed by atoms with E-state index < -0.39 is 0 Å². The summed E-state index contributed by atoms with van der Waals surface area (Å²) in [5, 5.41) is 3.45. The van der Waals surface area contributed by atoms with Crippen molar-refractivity contribution >= 4 is 5.96 Å². The van der Waals surface area contributed by atoms with Gasteiger partial charge in [0, 0.05) is 33.6 Å². The fourth-order valence-corrected chi connectivity index (χ4v) is 3.18. The molecule has 0 saturated heterocycles. The van der Waals surface area contributed by atoms with Gasteiger partial charge in [-0.05, 0) is 41.3 Å². The summed E-state index contributed by atoms with van der Waals surface area (Å²) in [7, 11) is 5.55. The van der Waals surface area contributed by atoms with Crippen molar-refractivity contribution in [1.29, 1.82) is 0 Å². The van der Waals surface area contributed by atoms with Crippen molar-refractivity contribution in [3.63, 3.8) is 0 Å². The number of nitrogens with one attached hydrogen (secondary N) is 1. The zero-order chi connectivity index (χ0) is 18.4. The molecule has 0 aliphatic carbocycles. The van der Waals surface area contributed by atoms with Gasteiger partial charge in [-0.1, -0.05) is 24.3 Å². The molecule has 0 saturated carbocycles. The van der Waals surface area contributed by atoms with Gasteiger partial charge in [0.25, 0.3) is 0 Å². The van der Waals surface area contributed by atoms with Crippen molar-refractivity contribution in [2.24, 2.45) is 4.99 Å². The Kier molecular flexibility index (Phi) is 6.00. The molecule has 0 aromatic heterocycles. The molecule has 0 atom stereocenters. The highest BCUT2D eigenvalue weighted by atomic mass is 16.5. The fourth-order valence-electron chi connectivity index (χ4n) is 3.18. The Morgan fingerprint density at radius 2 is 1.96 bits per heavy atom. The number of hydrogen-bond donors (Lipinski definition) is 1. The molecular formula is C21H27N3O2. The molecule has 2 aromatic carbocycles. The number of fused-ring (bicyclic) bond motifs is 1. The zero-order valence-electron chi connectivity index (χ0n) is 15.8. The predicted octanol–water partition coefficient (Wildman–Crippen LogP) is 2.88. The number of methoxy groups -OCH3 is 1. The summed E-state index contributed by atoms with van der Waals surface area (Å²) in [5.74, 6) is 2.81. The summed E-state index contributed by atoms with van der Waals surface area (Å²) >= 11 is 0. The van der Waals surface area contributed by atoms with Gasteiger partial charge in [0.1, 0.15) is 11.5 Å². The summed E-state index contributed by atoms with van der Waals surface area (Å²) in [5.41, 5.74) is 3.87. The van der Waals surface area contributed by atoms with Gasteiger partial charge in [-0.2, -0.15) is 0 Å². The highest BCUT2D eigenvalue weighted by Gasteiger charge is 2.12. The maximum atomic E-state index is 5.57. The molecule has 138 valence electrons. The van der Waals surface area contributed by atoms with E-state index in [0.717, 1.165) is 50.0 Å². The van der Waals surface area contributed by atoms with E-state index in [0.29, 0.717) is 0 Å². The number of nitrogens with zero attached hydrogens (tertiary/aromatic N) is 2. The summed E-state index contributed by atoms with van der Waals surface area (Å²) in [6.45, 7) is 2.44. The minimum absolute atomic E-state index is 0.792. The van der Waals surface area contributed by atoms with Crippen LogP contribution in [0.2, 0.25) is 0 Å². The molecule has 0 unspecified atom stereocenters. The van der Waals surface area contributed by atoms with Crippen LogP contribution < -0.4 is 14.8 Å². The van der Waals surface area contributed by atoms with E-state index in [-0.39, 0.29) is 0 Å². The van der Waals surface area contributed by atoms with E-state index >= 15 is 0 Å². The third-order valence-corrected chi connectivity index (χ3v) is 4.60. The number of hydrogen-bond acceptors (Lipinski definition) is 3. The van der Waals surface area contributed by atoms with Gasteiger partial charge >= 0.3 is 0 Å². The smallest absolute Gasteiger partial charge is 0.193 e. The van der Waals surface area contributed by atoms with Gasteiger partial charge in [0.05, 0.1) is 13.7 Å². The van der Waals surface area contributed by atoms with Gasteiger partial charge < -0.3 is 19.7 Å². The summed E-state index contributed by atoms with van der Waals surface area (Å²) in [4.78, 5) is 6.52. The van der Waals surface area contributed by atoms with E-state index in [4.69, 9.17) is 9.47 Å². The Balaban J connectivity index is 1.50. The molecule has 0 bridgehead atoms. The van der Waals surface area contributed by atoms with Gasteiger partial charge in [-0.25, -0.2) is 0 Å². The molecule has 5 heteroatoms. The van der Waals surface area contributed by atoms with Crippen molar-refractivity contribution < 1.29 is 9.47 Å². The van der Waals surface area contributed by atoms with Crippen molar-refractivity contribution in [3.8, 4) is 11.5 Å². The summed E-state index contributed by atoms with van der Waals surface area (Å²) < 4.78 is 10.8. The zero-order valence-corrected chi connectivity index (χ0v) is 15.8. The molecule has 5 nitrogen and oxygen atoms in total. The monoisotopic (exact) mass is 353 g/mol. The van der Waals surface area contributed by atoms with Gasteiger partial charge in [-0.15, -0.1) is 0 Å². The van der Waals surface area contributed by atoms with E-state index in [1.54, 1.807) is 7.11 Å². The summed E-state index contributed by atoms with van der Waals surface area (Å²) in [6.07, 6.45) is 1.98. The van der Waals surface area contributed by atoms with Gasteiger partial charge in [-0.3, -0.25) is 4.99 Å². The van der Waals surface area contributed by atoms with E-state index in [1.807, 2.05) is 26.2 Å². The van der Waals surface area contributed by atoms with Crippen LogP contribution in [-0.2, 0) is 19.4 Å². The first-order chi connectivity index (χ1) is 12.7. The van der Waals surface area contributed by atoms with Crippen LogP contribution >= 0.6 is 0 Å². The van der Waals surface area contributed by atoms with Crippen LogP contribution in [-0.4, -0.2) is 45.2 Å². The van der Waals surface area contributed by atoms with Crippen molar-refractivity contribution in [3.05, 3.63) is 59.2 Å². The van der Waals surface area contributed by atoms with Crippen LogP contribution in [0.15, 0.2) is 47.5 Å². The fraction of sp³-hybridized carbons (Fsp3) is 0.381. The van der Waals surface area contributed by atoms with Crippen LogP contribution in [0.3, 0.4) is 0 Å². The van der Waals surface area contributed by atoms with Crippen molar-refractivity contribution in [1.82, 2.24) is 10.2 Å². The molecule has 0 fully saturated rings. The molecule has 0 amide bonds. The minimum Gasteiger partial charge on any atom is -0.497 e. The van der Waals surface area contributed by atoms with Gasteiger partial charge in [0.15, 0.2) is 5.96 Å². The molecular weight excluding hydrogens is 326 g/mol. The van der Waals surface area contributed by atoms with Crippen LogP contribution in [0.25, 0.3) is 0 Å². The second-order valence-corrected chi connectivity index (χ2v) is 6.47. The summed E-state index contributed by atoms with van der Waals surface area (Å²) in [6, 6.07) is 14.6. The average molecular weight is 353 g/mol. The molecule has 1 N–H and O–H groups in total. The molecule has 0 radical (unpaired) electrons. The van der Waals surface area contributed by atoms with Crippen LogP contribution in [0.4, 0.5) is 0 Å². The first-order valence-corrected chi connectivity index (χ1v) is 8.99. The van der Waals surface area contributed by atoms with Crippen molar-refractivity contribution in [2.75, 3.05) is 34.4 Å². The van der Waals surface area contributed by atoms with Gasteiger partial charge in [0.2, 0.25) is 0 Å². The second kappa shape index (κ2) is 8.61. The standard InChI is InChI=1S/C21H27N3O2/c1-22-21(24(2)15-17-4-7-19(25-3)8-5-17)23-12-10-16-6-9-20-18(14-16)11-13-26-20/h4-9,14H,10-13,15H2,1-3H3,(H,22,23). The average Bonchev–Trinajstić information content (AvgIpc) is 3.13. The highest BCUT2D eigenvalue weighted by Crippen LogP contribution is 2.25. The van der Waals surface area contributed by atoms with Crippen molar-refractivity contribution in [2.45, 2.75) is 19.4 Å².